The Morgan fingerprint density at radius 3 is 2.50 bits per heavy atom. The number of hydrogen-bond acceptors (Lipinski definition) is 2. The first-order chi connectivity index (χ1) is 10.3. The summed E-state index contributed by atoms with van der Waals surface area (Å²) in [7, 11) is 0. The summed E-state index contributed by atoms with van der Waals surface area (Å²) in [6.45, 7) is 7.23. The van der Waals surface area contributed by atoms with Gasteiger partial charge in [0.2, 0.25) is 0 Å². The second kappa shape index (κ2) is 4.59. The fourth-order valence-corrected chi connectivity index (χ4v) is 7.38. The Labute approximate surface area is 135 Å². The van der Waals surface area contributed by atoms with Gasteiger partial charge in [0, 0.05) is 11.8 Å². The molecule has 124 valence electrons. The molecule has 4 aliphatic carbocycles. The van der Waals surface area contributed by atoms with Gasteiger partial charge in [0.15, 0.2) is 0 Å². The fraction of sp³-hybridized carbons (Fsp3) is 0.950. The van der Waals surface area contributed by atoms with Gasteiger partial charge in [-0.2, -0.15) is 0 Å². The minimum Gasteiger partial charge on any atom is -0.393 e. The number of Topliss-reactive ketones (excluding diaryl/α,β-unsaturated/α-hetero) is 1. The zero-order valence-electron chi connectivity index (χ0n) is 14.5. The smallest absolute Gasteiger partial charge is 0.139 e. The second-order valence-corrected chi connectivity index (χ2v) is 9.71. The molecular formula is C20H32O2. The Balaban J connectivity index is 1.68. The molecule has 2 nitrogen and oxygen atoms in total. The Morgan fingerprint density at radius 1 is 0.955 bits per heavy atom. The largest absolute Gasteiger partial charge is 0.393 e. The third-order valence-corrected chi connectivity index (χ3v) is 9.06. The maximum Gasteiger partial charge on any atom is 0.139 e. The molecule has 22 heavy (non-hydrogen) atoms. The molecule has 0 bridgehead atoms. The minimum absolute atomic E-state index is 0.000547. The van der Waals surface area contributed by atoms with Crippen LogP contribution in [0.25, 0.3) is 0 Å². The fourth-order valence-electron chi connectivity index (χ4n) is 7.38. The summed E-state index contributed by atoms with van der Waals surface area (Å²) in [5.74, 6) is 2.74. The van der Waals surface area contributed by atoms with Gasteiger partial charge in [-0.05, 0) is 80.0 Å². The normalized spacial score (nSPS) is 57.9. The van der Waals surface area contributed by atoms with Crippen LogP contribution in [-0.4, -0.2) is 17.0 Å². The highest BCUT2D eigenvalue weighted by Crippen LogP contribution is 2.69. The first kappa shape index (κ1) is 15.2. The van der Waals surface area contributed by atoms with Gasteiger partial charge in [0.25, 0.3) is 0 Å². The van der Waals surface area contributed by atoms with E-state index in [9.17, 15) is 9.90 Å². The van der Waals surface area contributed by atoms with Gasteiger partial charge >= 0.3 is 0 Å². The third-order valence-electron chi connectivity index (χ3n) is 9.06. The monoisotopic (exact) mass is 304 g/mol. The number of hydrogen-bond donors (Lipinski definition) is 1. The molecule has 0 aliphatic heterocycles. The molecule has 4 unspecified atom stereocenters. The highest BCUT2D eigenvalue weighted by atomic mass is 16.3. The Morgan fingerprint density at radius 2 is 1.73 bits per heavy atom. The zero-order valence-corrected chi connectivity index (χ0v) is 14.5. The van der Waals surface area contributed by atoms with Crippen LogP contribution in [0.4, 0.5) is 0 Å². The number of fused-ring (bicyclic) bond motifs is 5. The molecule has 0 radical (unpaired) electrons. The lowest BCUT2D eigenvalue weighted by Gasteiger charge is -2.64. The Kier molecular flexibility index (Phi) is 3.16. The number of rotatable bonds is 0. The predicted molar refractivity (Wildman–Crippen MR) is 87.4 cm³/mol. The van der Waals surface area contributed by atoms with E-state index in [1.807, 2.05) is 0 Å². The molecule has 0 aromatic rings. The van der Waals surface area contributed by atoms with E-state index >= 15 is 0 Å². The van der Waals surface area contributed by atoms with Crippen LogP contribution in [0.3, 0.4) is 0 Å². The molecule has 4 saturated carbocycles. The van der Waals surface area contributed by atoms with E-state index in [2.05, 4.69) is 20.8 Å². The molecule has 2 heteroatoms. The molecule has 4 rings (SSSR count). The van der Waals surface area contributed by atoms with Gasteiger partial charge in [-0.3, -0.25) is 4.79 Å². The lowest BCUT2D eigenvalue weighted by molar-refractivity contribution is -0.169. The summed E-state index contributed by atoms with van der Waals surface area (Å²) in [6.07, 6.45) is 9.95. The van der Waals surface area contributed by atoms with Crippen molar-refractivity contribution in [3.8, 4) is 0 Å². The molecule has 0 aromatic heterocycles. The summed E-state index contributed by atoms with van der Waals surface area (Å²) >= 11 is 0. The molecule has 0 heterocycles. The van der Waals surface area contributed by atoms with E-state index < -0.39 is 0 Å². The standard InChI is InChI=1S/C20H32O2/c1-18-9-7-14-15-4-5-17(22)19(15,2)10-8-16(14)20(18,3)11-6-13(21)12-18/h13-16,21H,4-12H2,1-3H3/t13?,14?,15?,16?,18-,19+,20-/m1/s1. The van der Waals surface area contributed by atoms with Crippen molar-refractivity contribution in [3.05, 3.63) is 0 Å². The first-order valence-corrected chi connectivity index (χ1v) is 9.52. The van der Waals surface area contributed by atoms with Crippen molar-refractivity contribution in [3.63, 3.8) is 0 Å². The van der Waals surface area contributed by atoms with Gasteiger partial charge in [-0.1, -0.05) is 20.8 Å². The van der Waals surface area contributed by atoms with Gasteiger partial charge in [-0.15, -0.1) is 0 Å². The lowest BCUT2D eigenvalue weighted by atomic mass is 9.40. The van der Waals surface area contributed by atoms with Gasteiger partial charge in [0.1, 0.15) is 5.78 Å². The number of aliphatic hydroxyl groups is 1. The average Bonchev–Trinajstić information content (AvgIpc) is 2.76. The summed E-state index contributed by atoms with van der Waals surface area (Å²) in [5, 5.41) is 10.2. The molecule has 0 aromatic carbocycles. The summed E-state index contributed by atoms with van der Waals surface area (Å²) in [6, 6.07) is 0. The van der Waals surface area contributed by atoms with E-state index in [0.717, 1.165) is 43.9 Å². The van der Waals surface area contributed by atoms with E-state index in [-0.39, 0.29) is 11.5 Å². The summed E-state index contributed by atoms with van der Waals surface area (Å²) in [5.41, 5.74) is 0.684. The molecule has 4 aliphatic rings. The van der Waals surface area contributed by atoms with Crippen molar-refractivity contribution in [2.45, 2.75) is 84.7 Å². The van der Waals surface area contributed by atoms with Crippen LogP contribution in [0.1, 0.15) is 78.6 Å². The van der Waals surface area contributed by atoms with Crippen LogP contribution < -0.4 is 0 Å². The van der Waals surface area contributed by atoms with Crippen molar-refractivity contribution in [1.82, 2.24) is 0 Å². The average molecular weight is 304 g/mol. The Bertz CT molecular complexity index is 500. The highest BCUT2D eigenvalue weighted by molar-refractivity contribution is 5.87. The maximum absolute atomic E-state index is 12.4. The maximum atomic E-state index is 12.4. The van der Waals surface area contributed by atoms with Crippen molar-refractivity contribution in [1.29, 1.82) is 0 Å². The van der Waals surface area contributed by atoms with Crippen molar-refractivity contribution in [2.75, 3.05) is 0 Å². The second-order valence-electron chi connectivity index (χ2n) is 9.71. The van der Waals surface area contributed by atoms with Gasteiger partial charge in [-0.25, -0.2) is 0 Å². The van der Waals surface area contributed by atoms with E-state index in [1.165, 1.54) is 25.7 Å². The third kappa shape index (κ3) is 1.74. The van der Waals surface area contributed by atoms with Crippen LogP contribution in [0, 0.1) is 34.0 Å². The number of carbonyl (C=O) groups excluding carboxylic acids is 1. The predicted octanol–water partition coefficient (Wildman–Crippen LogP) is 4.35. The summed E-state index contributed by atoms with van der Waals surface area (Å²) in [4.78, 5) is 12.4. The molecular weight excluding hydrogens is 272 g/mol. The molecule has 0 spiro atoms. The van der Waals surface area contributed by atoms with E-state index in [4.69, 9.17) is 0 Å². The van der Waals surface area contributed by atoms with Crippen molar-refractivity contribution < 1.29 is 9.90 Å². The molecule has 0 saturated heterocycles. The topological polar surface area (TPSA) is 37.3 Å². The first-order valence-electron chi connectivity index (χ1n) is 9.52. The van der Waals surface area contributed by atoms with Crippen LogP contribution in [0.2, 0.25) is 0 Å². The van der Waals surface area contributed by atoms with Gasteiger partial charge < -0.3 is 5.11 Å². The summed E-state index contributed by atoms with van der Waals surface area (Å²) < 4.78 is 0. The molecule has 7 atom stereocenters. The molecule has 4 fully saturated rings. The van der Waals surface area contributed by atoms with Crippen molar-refractivity contribution >= 4 is 5.78 Å². The Hall–Kier alpha value is -0.370. The van der Waals surface area contributed by atoms with Crippen molar-refractivity contribution in [2.24, 2.45) is 34.0 Å². The van der Waals surface area contributed by atoms with Crippen LogP contribution in [-0.2, 0) is 4.79 Å². The number of aliphatic hydroxyl groups excluding tert-OH is 1. The zero-order chi connectivity index (χ0) is 15.8. The van der Waals surface area contributed by atoms with Crippen LogP contribution in [0.5, 0.6) is 0 Å². The van der Waals surface area contributed by atoms with Crippen LogP contribution in [0.15, 0.2) is 0 Å². The highest BCUT2D eigenvalue weighted by Gasteiger charge is 2.63. The SMILES string of the molecule is C[C@]12CCC3C4CCC(=O)[C@@]4(C)CCC3[C@@]1(C)CCC(O)C2. The number of carbonyl (C=O) groups is 1. The van der Waals surface area contributed by atoms with E-state index in [1.54, 1.807) is 0 Å². The number of ketones is 1. The van der Waals surface area contributed by atoms with Gasteiger partial charge in [0.05, 0.1) is 6.10 Å². The molecule has 0 amide bonds. The quantitative estimate of drug-likeness (QED) is 0.722. The van der Waals surface area contributed by atoms with Crippen LogP contribution >= 0.6 is 0 Å². The lowest BCUT2D eigenvalue weighted by Crippen LogP contribution is -2.58. The van der Waals surface area contributed by atoms with E-state index in [0.29, 0.717) is 22.5 Å². The minimum atomic E-state index is -0.0865. The molecule has 1 N–H and O–H groups in total.